The van der Waals surface area contributed by atoms with Crippen molar-refractivity contribution >= 4 is 17.1 Å². The molecule has 3 heterocycles. The zero-order valence-electron chi connectivity index (χ0n) is 13.2. The lowest BCUT2D eigenvalue weighted by Gasteiger charge is -2.26. The molecular weight excluding hydrogens is 296 g/mol. The highest BCUT2D eigenvalue weighted by Gasteiger charge is 2.24. The summed E-state index contributed by atoms with van der Waals surface area (Å²) in [7, 11) is 0. The summed E-state index contributed by atoms with van der Waals surface area (Å²) in [4.78, 5) is 35.6. The lowest BCUT2D eigenvalue weighted by Crippen LogP contribution is -2.44. The van der Waals surface area contributed by atoms with Crippen LogP contribution in [0.25, 0.3) is 11.2 Å². The van der Waals surface area contributed by atoms with E-state index < -0.39 is 0 Å². The Morgan fingerprint density at radius 1 is 1.35 bits per heavy atom. The first kappa shape index (κ1) is 15.6. The minimum absolute atomic E-state index is 0.0245. The molecule has 2 aromatic heterocycles. The second-order valence-corrected chi connectivity index (χ2v) is 5.52. The summed E-state index contributed by atoms with van der Waals surface area (Å²) in [6.45, 7) is 4.55. The lowest BCUT2D eigenvalue weighted by atomic mass is 10.3. The molecule has 1 fully saturated rings. The Hall–Kier alpha value is -2.28. The van der Waals surface area contributed by atoms with Gasteiger partial charge in [0.2, 0.25) is 0 Å². The number of aryl methyl sites for hydroxylation is 1. The van der Waals surface area contributed by atoms with Gasteiger partial charge in [0.05, 0.1) is 13.2 Å². The van der Waals surface area contributed by atoms with Gasteiger partial charge in [-0.2, -0.15) is 0 Å². The number of carbonyl (C=O) groups excluding carboxylic acids is 1. The van der Waals surface area contributed by atoms with Gasteiger partial charge in [-0.15, -0.1) is 0 Å². The third kappa shape index (κ3) is 3.10. The van der Waals surface area contributed by atoms with Crippen LogP contribution in [0.1, 0.15) is 30.3 Å². The van der Waals surface area contributed by atoms with Gasteiger partial charge >= 0.3 is 0 Å². The van der Waals surface area contributed by atoms with Gasteiger partial charge < -0.3 is 9.64 Å². The number of pyridine rings is 1. The van der Waals surface area contributed by atoms with Gasteiger partial charge in [-0.25, -0.2) is 9.97 Å². The summed E-state index contributed by atoms with van der Waals surface area (Å²) < 4.78 is 6.82. The van der Waals surface area contributed by atoms with Gasteiger partial charge in [-0.05, 0) is 18.6 Å². The van der Waals surface area contributed by atoms with Crippen LogP contribution in [0.15, 0.2) is 23.1 Å². The van der Waals surface area contributed by atoms with Crippen molar-refractivity contribution in [3.63, 3.8) is 0 Å². The Balaban J connectivity index is 2.07. The van der Waals surface area contributed by atoms with Crippen molar-refractivity contribution in [2.45, 2.75) is 26.3 Å². The van der Waals surface area contributed by atoms with E-state index in [-0.39, 0.29) is 17.2 Å². The molecule has 23 heavy (non-hydrogen) atoms. The number of hydrogen-bond donors (Lipinski definition) is 0. The molecule has 0 radical (unpaired) electrons. The smallest absolute Gasteiger partial charge is 0.283 e. The lowest BCUT2D eigenvalue weighted by molar-refractivity contribution is 0.0297. The quantitative estimate of drug-likeness (QED) is 0.843. The van der Waals surface area contributed by atoms with E-state index in [1.165, 1.54) is 0 Å². The number of nitrogens with zero attached hydrogens (tertiary/aromatic N) is 4. The number of hydrogen-bond acceptors (Lipinski definition) is 5. The molecule has 1 aliphatic heterocycles. The van der Waals surface area contributed by atoms with Crippen LogP contribution in [-0.2, 0) is 11.3 Å². The van der Waals surface area contributed by atoms with Crippen molar-refractivity contribution in [2.75, 3.05) is 26.3 Å². The Morgan fingerprint density at radius 2 is 2.13 bits per heavy atom. The zero-order chi connectivity index (χ0) is 16.2. The summed E-state index contributed by atoms with van der Waals surface area (Å²) >= 11 is 0. The summed E-state index contributed by atoms with van der Waals surface area (Å²) in [5, 5.41) is 0. The second kappa shape index (κ2) is 6.87. The van der Waals surface area contributed by atoms with Gasteiger partial charge in [0, 0.05) is 25.8 Å². The van der Waals surface area contributed by atoms with E-state index in [1.54, 1.807) is 27.8 Å². The van der Waals surface area contributed by atoms with Crippen molar-refractivity contribution in [1.82, 2.24) is 19.4 Å². The van der Waals surface area contributed by atoms with E-state index in [0.29, 0.717) is 44.0 Å². The van der Waals surface area contributed by atoms with Gasteiger partial charge in [-0.3, -0.25) is 14.2 Å². The average molecular weight is 316 g/mol. The highest BCUT2D eigenvalue weighted by Crippen LogP contribution is 2.10. The first-order valence-electron chi connectivity index (χ1n) is 7.95. The highest BCUT2D eigenvalue weighted by atomic mass is 16.5. The van der Waals surface area contributed by atoms with Crippen LogP contribution in [0, 0.1) is 0 Å². The van der Waals surface area contributed by atoms with Crippen LogP contribution < -0.4 is 5.56 Å². The number of amides is 1. The van der Waals surface area contributed by atoms with Crippen molar-refractivity contribution < 1.29 is 9.53 Å². The van der Waals surface area contributed by atoms with E-state index in [0.717, 1.165) is 12.8 Å². The molecule has 0 bridgehead atoms. The third-order valence-corrected chi connectivity index (χ3v) is 3.94. The predicted octanol–water partition coefficient (Wildman–Crippen LogP) is 1.06. The standard InChI is InChI=1S/C16H20N4O3/c1-2-3-7-20-14-12(5-4-6-17-14)18-13(16(20)22)15(21)19-8-10-23-11-9-19/h4-6H,2-3,7-11H2,1H3. The molecule has 7 nitrogen and oxygen atoms in total. The fraction of sp³-hybridized carbons (Fsp3) is 0.500. The van der Waals surface area contributed by atoms with E-state index in [4.69, 9.17) is 4.74 Å². The molecule has 1 aliphatic rings. The maximum absolute atomic E-state index is 12.8. The van der Waals surface area contributed by atoms with E-state index >= 15 is 0 Å². The molecule has 7 heteroatoms. The number of fused-ring (bicyclic) bond motifs is 1. The van der Waals surface area contributed by atoms with Crippen molar-refractivity contribution in [1.29, 1.82) is 0 Å². The molecule has 2 aromatic rings. The fourth-order valence-corrected chi connectivity index (χ4v) is 2.66. The van der Waals surface area contributed by atoms with Crippen LogP contribution in [0.4, 0.5) is 0 Å². The Bertz CT molecular complexity index is 765. The Kier molecular flexibility index (Phi) is 4.66. The predicted molar refractivity (Wildman–Crippen MR) is 85.4 cm³/mol. The first-order chi connectivity index (χ1) is 11.2. The minimum Gasteiger partial charge on any atom is -0.378 e. The normalized spacial score (nSPS) is 15.1. The van der Waals surface area contributed by atoms with Crippen LogP contribution >= 0.6 is 0 Å². The minimum atomic E-state index is -0.360. The monoisotopic (exact) mass is 316 g/mol. The number of ether oxygens (including phenoxy) is 1. The van der Waals surface area contributed by atoms with E-state index in [1.807, 2.05) is 0 Å². The molecule has 0 N–H and O–H groups in total. The zero-order valence-corrected chi connectivity index (χ0v) is 13.2. The molecule has 0 unspecified atom stereocenters. The van der Waals surface area contributed by atoms with Crippen LogP contribution in [-0.4, -0.2) is 51.6 Å². The Labute approximate surface area is 133 Å². The van der Waals surface area contributed by atoms with Crippen molar-refractivity contribution in [3.05, 3.63) is 34.4 Å². The molecule has 0 atom stereocenters. The molecule has 1 amide bonds. The third-order valence-electron chi connectivity index (χ3n) is 3.94. The summed E-state index contributed by atoms with van der Waals surface area (Å²) in [6, 6.07) is 3.53. The summed E-state index contributed by atoms with van der Waals surface area (Å²) in [6.07, 6.45) is 3.44. The highest BCUT2D eigenvalue weighted by molar-refractivity contribution is 5.93. The average Bonchev–Trinajstić information content (AvgIpc) is 2.61. The molecule has 3 rings (SSSR count). The molecule has 0 aliphatic carbocycles. The largest absolute Gasteiger partial charge is 0.378 e. The van der Waals surface area contributed by atoms with Crippen molar-refractivity contribution in [2.24, 2.45) is 0 Å². The molecule has 1 saturated heterocycles. The van der Waals surface area contributed by atoms with Gasteiger partial charge in [0.15, 0.2) is 11.3 Å². The molecule has 122 valence electrons. The Morgan fingerprint density at radius 3 is 2.87 bits per heavy atom. The molecule has 0 aromatic carbocycles. The van der Waals surface area contributed by atoms with Crippen molar-refractivity contribution in [3.8, 4) is 0 Å². The fourth-order valence-electron chi connectivity index (χ4n) is 2.66. The number of unbranched alkanes of at least 4 members (excludes halogenated alkanes) is 1. The topological polar surface area (TPSA) is 77.3 Å². The molecule has 0 spiro atoms. The van der Waals surface area contributed by atoms with E-state index in [2.05, 4.69) is 16.9 Å². The SMILES string of the molecule is CCCCn1c(=O)c(C(=O)N2CCOCC2)nc2cccnc21. The first-order valence-corrected chi connectivity index (χ1v) is 7.95. The number of aromatic nitrogens is 3. The molecule has 0 saturated carbocycles. The number of carbonyl (C=O) groups is 1. The molecular formula is C16H20N4O3. The summed E-state index contributed by atoms with van der Waals surface area (Å²) in [5.41, 5.74) is 0.717. The maximum Gasteiger partial charge on any atom is 0.283 e. The van der Waals surface area contributed by atoms with Gasteiger partial charge in [0.25, 0.3) is 11.5 Å². The number of morpholine rings is 1. The van der Waals surface area contributed by atoms with Crippen LogP contribution in [0.3, 0.4) is 0 Å². The van der Waals surface area contributed by atoms with Gasteiger partial charge in [-0.1, -0.05) is 13.3 Å². The van der Waals surface area contributed by atoms with Gasteiger partial charge in [0.1, 0.15) is 5.52 Å². The van der Waals surface area contributed by atoms with E-state index in [9.17, 15) is 9.59 Å². The number of rotatable bonds is 4. The second-order valence-electron chi connectivity index (χ2n) is 5.52. The van der Waals surface area contributed by atoms with Crippen LogP contribution in [0.2, 0.25) is 0 Å². The maximum atomic E-state index is 12.8. The van der Waals surface area contributed by atoms with Crippen LogP contribution in [0.5, 0.6) is 0 Å². The summed E-state index contributed by atoms with van der Waals surface area (Å²) in [5.74, 6) is -0.325.